The van der Waals surface area contributed by atoms with Gasteiger partial charge in [-0.2, -0.15) is 0 Å². The fraction of sp³-hybridized carbons (Fsp3) is 0.790. The molecule has 0 bridgehead atoms. The Hall–Kier alpha value is -2.06. The number of aliphatic hydroxyl groups excluding tert-OH is 1. The number of likely N-dealkylation sites (N-methyl/N-ethyl adjacent to an activating group) is 1. The van der Waals surface area contributed by atoms with E-state index < -0.39 is 26.6 Å². The van der Waals surface area contributed by atoms with Crippen molar-refractivity contribution in [1.29, 1.82) is 0 Å². The molecule has 0 spiro atoms. The maximum absolute atomic E-state index is 12.9. The number of carbonyl (C=O) groups is 1. The lowest BCUT2D eigenvalue weighted by Gasteiger charge is -2.29. The van der Waals surface area contributed by atoms with Crippen molar-refractivity contribution in [3.05, 3.63) is 72.9 Å². The number of allylic oxidation sites excluding steroid dienone is 11. The highest BCUT2D eigenvalue weighted by molar-refractivity contribution is 7.45. The number of carbonyl (C=O) groups excluding carboxylic acids is 1. The van der Waals surface area contributed by atoms with Gasteiger partial charge in [0.25, 0.3) is 7.82 Å². The summed E-state index contributed by atoms with van der Waals surface area (Å²) in [4.78, 5) is 25.4. The molecule has 8 nitrogen and oxygen atoms in total. The van der Waals surface area contributed by atoms with Gasteiger partial charge in [-0.05, 0) is 70.6 Å². The molecular weight excluding hydrogens is 900 g/mol. The summed E-state index contributed by atoms with van der Waals surface area (Å²) in [6.45, 7) is 4.48. The van der Waals surface area contributed by atoms with Crippen LogP contribution in [0.5, 0.6) is 0 Å². The van der Waals surface area contributed by atoms with Crippen molar-refractivity contribution in [2.75, 3.05) is 40.9 Å². The number of hydrogen-bond donors (Lipinski definition) is 2. The highest BCUT2D eigenvalue weighted by Crippen LogP contribution is 2.38. The average molecular weight is 1020 g/mol. The summed E-state index contributed by atoms with van der Waals surface area (Å²) in [5.41, 5.74) is 0. The molecule has 0 radical (unpaired) electrons. The predicted octanol–water partition coefficient (Wildman–Crippen LogP) is 17.6. The van der Waals surface area contributed by atoms with Crippen molar-refractivity contribution in [2.45, 2.75) is 276 Å². The molecule has 0 aliphatic rings. The van der Waals surface area contributed by atoms with E-state index in [1.54, 1.807) is 6.08 Å². The molecule has 0 aliphatic carbocycles. The molecule has 3 atom stereocenters. The molecule has 0 aliphatic heterocycles. The molecule has 71 heavy (non-hydrogen) atoms. The molecule has 414 valence electrons. The molecule has 0 saturated carbocycles. The van der Waals surface area contributed by atoms with Gasteiger partial charge in [0.1, 0.15) is 13.2 Å². The summed E-state index contributed by atoms with van der Waals surface area (Å²) in [7, 11) is 1.25. The van der Waals surface area contributed by atoms with Crippen LogP contribution in [0.4, 0.5) is 0 Å². The Morgan fingerprint density at radius 1 is 0.507 bits per heavy atom. The minimum atomic E-state index is -4.60. The maximum Gasteiger partial charge on any atom is 0.268 e. The number of phosphoric acid groups is 1. The third kappa shape index (κ3) is 55.5. The van der Waals surface area contributed by atoms with Crippen LogP contribution in [0.1, 0.15) is 264 Å². The summed E-state index contributed by atoms with van der Waals surface area (Å²) in [6.07, 6.45) is 73.2. The number of nitrogens with one attached hydrogen (secondary N) is 1. The Kier molecular flexibility index (Phi) is 51.3. The number of phosphoric ester groups is 1. The molecule has 2 N–H and O–H groups in total. The first-order chi connectivity index (χ1) is 34.5. The zero-order chi connectivity index (χ0) is 52.0. The van der Waals surface area contributed by atoms with Gasteiger partial charge >= 0.3 is 0 Å². The van der Waals surface area contributed by atoms with Crippen molar-refractivity contribution in [3.63, 3.8) is 0 Å². The molecule has 0 heterocycles. The molecule has 1 amide bonds. The first kappa shape index (κ1) is 68.9. The Morgan fingerprint density at radius 3 is 1.31 bits per heavy atom. The lowest BCUT2D eigenvalue weighted by Crippen LogP contribution is -2.45. The van der Waals surface area contributed by atoms with E-state index in [4.69, 9.17) is 9.05 Å². The van der Waals surface area contributed by atoms with Gasteiger partial charge in [-0.25, -0.2) is 0 Å². The van der Waals surface area contributed by atoms with Crippen LogP contribution in [0, 0.1) is 0 Å². The van der Waals surface area contributed by atoms with E-state index in [1.807, 2.05) is 27.2 Å². The summed E-state index contributed by atoms with van der Waals surface area (Å²) in [5, 5.41) is 13.8. The van der Waals surface area contributed by atoms with E-state index in [9.17, 15) is 19.4 Å². The molecule has 0 aromatic carbocycles. The molecule has 3 unspecified atom stereocenters. The van der Waals surface area contributed by atoms with Crippen molar-refractivity contribution in [2.24, 2.45) is 0 Å². The molecule has 0 saturated heterocycles. The Balaban J connectivity index is 3.84. The number of amides is 1. The van der Waals surface area contributed by atoms with Gasteiger partial charge in [0.05, 0.1) is 39.9 Å². The Labute approximate surface area is 440 Å². The van der Waals surface area contributed by atoms with Gasteiger partial charge in [0, 0.05) is 6.42 Å². The van der Waals surface area contributed by atoms with Crippen LogP contribution in [0.2, 0.25) is 0 Å². The van der Waals surface area contributed by atoms with Crippen LogP contribution in [-0.2, 0) is 18.4 Å². The Morgan fingerprint density at radius 2 is 0.873 bits per heavy atom. The molecule has 9 heteroatoms. The highest BCUT2D eigenvalue weighted by Gasteiger charge is 2.23. The number of unbranched alkanes of at least 4 members (excludes halogenated alkanes) is 31. The Bertz CT molecular complexity index is 1380. The summed E-state index contributed by atoms with van der Waals surface area (Å²) < 4.78 is 23.2. The lowest BCUT2D eigenvalue weighted by atomic mass is 10.0. The van der Waals surface area contributed by atoms with Crippen LogP contribution in [-0.4, -0.2) is 68.5 Å². The van der Waals surface area contributed by atoms with E-state index in [2.05, 4.69) is 79.9 Å². The quantitative estimate of drug-likeness (QED) is 0.0272. The van der Waals surface area contributed by atoms with E-state index in [0.29, 0.717) is 17.4 Å². The summed E-state index contributed by atoms with van der Waals surface area (Å²) in [6, 6.07) is -0.901. The van der Waals surface area contributed by atoms with Crippen LogP contribution < -0.4 is 10.2 Å². The topological polar surface area (TPSA) is 108 Å². The molecule has 0 fully saturated rings. The third-order valence-corrected chi connectivity index (χ3v) is 14.1. The van der Waals surface area contributed by atoms with Gasteiger partial charge in [-0.1, -0.05) is 260 Å². The number of aliphatic hydroxyl groups is 1. The zero-order valence-corrected chi connectivity index (χ0v) is 48.1. The van der Waals surface area contributed by atoms with Crippen LogP contribution in [0.3, 0.4) is 0 Å². The second kappa shape index (κ2) is 52.8. The fourth-order valence-electron chi connectivity index (χ4n) is 8.51. The maximum atomic E-state index is 12.9. The van der Waals surface area contributed by atoms with Crippen molar-refractivity contribution < 1.29 is 32.9 Å². The lowest BCUT2D eigenvalue weighted by molar-refractivity contribution is -0.870. The monoisotopic (exact) mass is 1010 g/mol. The van der Waals surface area contributed by atoms with Gasteiger partial charge < -0.3 is 28.8 Å². The number of nitrogens with zero attached hydrogens (tertiary/aromatic N) is 1. The van der Waals surface area contributed by atoms with E-state index >= 15 is 0 Å². The van der Waals surface area contributed by atoms with E-state index in [-0.39, 0.29) is 12.5 Å². The van der Waals surface area contributed by atoms with Crippen LogP contribution in [0.25, 0.3) is 0 Å². The van der Waals surface area contributed by atoms with Crippen molar-refractivity contribution in [3.8, 4) is 0 Å². The first-order valence-corrected chi connectivity index (χ1v) is 31.3. The highest BCUT2D eigenvalue weighted by atomic mass is 31.2. The number of quaternary nitrogens is 1. The normalized spacial score (nSPS) is 14.4. The van der Waals surface area contributed by atoms with Crippen LogP contribution >= 0.6 is 7.82 Å². The fourth-order valence-corrected chi connectivity index (χ4v) is 9.24. The first-order valence-electron chi connectivity index (χ1n) is 29.8. The third-order valence-electron chi connectivity index (χ3n) is 13.2. The molecule has 0 aromatic heterocycles. The number of rotatable bonds is 54. The predicted molar refractivity (Wildman–Crippen MR) is 307 cm³/mol. The molecular formula is C62H115N2O6P. The van der Waals surface area contributed by atoms with Gasteiger partial charge in [0.15, 0.2) is 0 Å². The van der Waals surface area contributed by atoms with Gasteiger partial charge in [-0.3, -0.25) is 9.36 Å². The largest absolute Gasteiger partial charge is 0.756 e. The zero-order valence-electron chi connectivity index (χ0n) is 47.2. The van der Waals surface area contributed by atoms with Gasteiger partial charge in [0.2, 0.25) is 5.91 Å². The average Bonchev–Trinajstić information content (AvgIpc) is 3.33. The van der Waals surface area contributed by atoms with Crippen molar-refractivity contribution >= 4 is 13.7 Å². The van der Waals surface area contributed by atoms with Crippen LogP contribution in [0.15, 0.2) is 72.9 Å². The van der Waals surface area contributed by atoms with Gasteiger partial charge in [-0.15, -0.1) is 0 Å². The minimum Gasteiger partial charge on any atom is -0.756 e. The second-order valence-electron chi connectivity index (χ2n) is 21.3. The molecule has 0 aromatic rings. The second-order valence-corrected chi connectivity index (χ2v) is 22.7. The summed E-state index contributed by atoms with van der Waals surface area (Å²) in [5.74, 6) is -0.207. The summed E-state index contributed by atoms with van der Waals surface area (Å²) >= 11 is 0. The SMILES string of the molecule is CC/C=C\C/C=C\C/C=C\C/C=C\CCCCCCCCCCCCCCCCCCCCCCCCCCCCC(=O)NC(COP(=O)([O-])OCC[N+](C)(C)C)C(O)/C=C/CC/C=C/CCCCCC. The number of hydrogen-bond acceptors (Lipinski definition) is 6. The van der Waals surface area contributed by atoms with Crippen molar-refractivity contribution in [1.82, 2.24) is 5.32 Å². The molecule has 0 rings (SSSR count). The standard InChI is InChI=1S/C62H115N2O6P/c1-6-8-10-12-14-16-18-19-20-21-22-23-24-25-26-27-28-29-30-31-32-33-34-35-36-37-38-39-40-41-42-43-44-45-46-48-50-52-54-56-62(66)63-60(59-70-71(67,68)69-58-57-64(3,4)5)61(65)55-53-51-49-47-17-15-13-11-9-7-2/h8,10,14,16-17,19-20,22-23,47,53,55,60-61,65H,6-7,9,11-13,15,18,21,24-46,48-52,54,56-59H2,1-5H3,(H-,63,66,67,68)/b10-8-,16-14-,20-19-,23-22-,47-17+,55-53+. The smallest absolute Gasteiger partial charge is 0.268 e. The minimum absolute atomic E-state index is 0.00661. The van der Waals surface area contributed by atoms with E-state index in [0.717, 1.165) is 64.2 Å². The van der Waals surface area contributed by atoms with E-state index in [1.165, 1.54) is 180 Å².